The Morgan fingerprint density at radius 2 is 1.69 bits per heavy atom. The van der Waals surface area contributed by atoms with Gasteiger partial charge in [-0.25, -0.2) is 9.59 Å². The van der Waals surface area contributed by atoms with Crippen LogP contribution < -0.4 is 26.6 Å². The van der Waals surface area contributed by atoms with Gasteiger partial charge in [0.15, 0.2) is 0 Å². The highest BCUT2D eigenvalue weighted by Gasteiger charge is 2.42. The molecule has 4 amide bonds. The summed E-state index contributed by atoms with van der Waals surface area (Å²) in [5, 5.41) is 46.1. The van der Waals surface area contributed by atoms with Crippen LogP contribution >= 0.6 is 11.8 Å². The van der Waals surface area contributed by atoms with E-state index >= 15 is 0 Å². The van der Waals surface area contributed by atoms with Gasteiger partial charge in [-0.15, -0.1) is 0 Å². The molecule has 1 aromatic carbocycles. The van der Waals surface area contributed by atoms with Crippen molar-refractivity contribution in [1.29, 1.82) is 0 Å². The number of anilines is 1. The number of amides is 4. The van der Waals surface area contributed by atoms with Crippen molar-refractivity contribution in [2.24, 2.45) is 0 Å². The van der Waals surface area contributed by atoms with Crippen LogP contribution in [0.5, 0.6) is 0 Å². The van der Waals surface area contributed by atoms with Crippen LogP contribution in [0, 0.1) is 20.2 Å². The molecule has 45 heavy (non-hydrogen) atoms. The number of carboxylic acid groups (broad SMARTS) is 1. The molecular weight excluding hydrogens is 610 g/mol. The molecule has 4 atom stereocenters. The lowest BCUT2D eigenvalue weighted by Gasteiger charge is -2.16. The number of hydrogen-bond acceptors (Lipinski definition) is 10. The van der Waals surface area contributed by atoms with E-state index in [1.807, 2.05) is 11.8 Å². The van der Waals surface area contributed by atoms with Gasteiger partial charge in [0.25, 0.3) is 11.4 Å². The molecule has 0 saturated carbocycles. The molecule has 3 rings (SSSR count). The van der Waals surface area contributed by atoms with Crippen LogP contribution in [0.2, 0.25) is 0 Å². The maximum atomic E-state index is 12.3. The van der Waals surface area contributed by atoms with Crippen LogP contribution in [0.3, 0.4) is 0 Å². The fourth-order valence-electron chi connectivity index (χ4n) is 5.33. The number of nitro groups is 2. The third-order valence-electron chi connectivity index (χ3n) is 7.74. The number of urea groups is 1. The second-order valence-corrected chi connectivity index (χ2v) is 12.4. The van der Waals surface area contributed by atoms with Crippen molar-refractivity contribution in [3.05, 3.63) is 38.4 Å². The van der Waals surface area contributed by atoms with Gasteiger partial charge >= 0.3 is 12.0 Å². The van der Waals surface area contributed by atoms with Crippen LogP contribution in [0.15, 0.2) is 18.2 Å². The highest BCUT2D eigenvalue weighted by molar-refractivity contribution is 8.00. The number of nitrogens with zero attached hydrogens (tertiary/aromatic N) is 2. The Balaban J connectivity index is 1.20. The number of non-ortho nitro benzene ring substituents is 1. The quantitative estimate of drug-likeness (QED) is 0.0489. The topological polar surface area (TPSA) is 235 Å². The molecule has 6 N–H and O–H groups in total. The Labute approximate surface area is 264 Å². The van der Waals surface area contributed by atoms with E-state index in [1.54, 1.807) is 0 Å². The third kappa shape index (κ3) is 11.7. The molecular formula is C28H41N7O9S. The number of carbonyl (C=O) groups excluding carboxylic acids is 3. The molecule has 0 radical (unpaired) electrons. The first-order valence-electron chi connectivity index (χ1n) is 15.2. The lowest BCUT2D eigenvalue weighted by molar-refractivity contribution is -0.393. The van der Waals surface area contributed by atoms with Gasteiger partial charge < -0.3 is 31.7 Å². The summed E-state index contributed by atoms with van der Waals surface area (Å²) in [5.74, 6) is -0.615. The number of hydrogen-bond donors (Lipinski definition) is 6. The summed E-state index contributed by atoms with van der Waals surface area (Å²) in [7, 11) is 0. The number of nitro benzene ring substituents is 2. The monoisotopic (exact) mass is 651 g/mol. The van der Waals surface area contributed by atoms with E-state index < -0.39 is 33.2 Å². The number of carbonyl (C=O) groups is 4. The first-order chi connectivity index (χ1) is 21.5. The van der Waals surface area contributed by atoms with Crippen LogP contribution in [0.25, 0.3) is 0 Å². The summed E-state index contributed by atoms with van der Waals surface area (Å²) < 4.78 is 0. The smallest absolute Gasteiger partial charge is 0.326 e. The zero-order valence-corrected chi connectivity index (χ0v) is 25.8. The van der Waals surface area contributed by atoms with E-state index in [1.165, 1.54) is 6.07 Å². The number of nitrogens with one attached hydrogen (secondary N) is 5. The number of unbranched alkanes of at least 4 members (excludes halogenated alkanes) is 4. The van der Waals surface area contributed by atoms with Gasteiger partial charge in [0.05, 0.1) is 28.0 Å². The molecule has 2 heterocycles. The number of rotatable bonds is 21. The second kappa shape index (κ2) is 18.0. The van der Waals surface area contributed by atoms with Crippen molar-refractivity contribution in [2.75, 3.05) is 24.2 Å². The summed E-state index contributed by atoms with van der Waals surface area (Å²) in [6.45, 7) is 0.782. The van der Waals surface area contributed by atoms with Crippen LogP contribution in [-0.2, 0) is 14.4 Å². The first kappa shape index (κ1) is 35.3. The molecule has 4 unspecified atom stereocenters. The largest absolute Gasteiger partial charge is 0.480 e. The zero-order valence-electron chi connectivity index (χ0n) is 25.0. The van der Waals surface area contributed by atoms with Crippen molar-refractivity contribution in [2.45, 2.75) is 94.0 Å². The summed E-state index contributed by atoms with van der Waals surface area (Å²) in [5.41, 5.74) is -0.694. The Hall–Kier alpha value is -4.15. The molecule has 2 aliphatic rings. The molecule has 0 aromatic heterocycles. The van der Waals surface area contributed by atoms with Crippen LogP contribution in [-0.4, -0.2) is 81.0 Å². The molecule has 0 spiro atoms. The second-order valence-electron chi connectivity index (χ2n) is 11.1. The molecule has 2 aliphatic heterocycles. The maximum Gasteiger partial charge on any atom is 0.326 e. The first-order valence-corrected chi connectivity index (χ1v) is 16.2. The van der Waals surface area contributed by atoms with Crippen molar-refractivity contribution < 1.29 is 34.1 Å². The Morgan fingerprint density at radius 1 is 0.956 bits per heavy atom. The molecule has 0 bridgehead atoms. The summed E-state index contributed by atoms with van der Waals surface area (Å²) in [6.07, 6.45) is 6.28. The SMILES string of the molecule is O=C(CCCCC1SCC2NC(=O)NC21)NCCCCCC(=O)NC(CCCCNc1ccc([N+](=O)[O-])cc1[N+](=O)[O-])C(=O)O. The number of aliphatic carboxylic acids is 1. The average molecular weight is 652 g/mol. The van der Waals surface area contributed by atoms with Crippen molar-refractivity contribution in [3.8, 4) is 0 Å². The minimum atomic E-state index is -1.15. The van der Waals surface area contributed by atoms with Crippen molar-refractivity contribution in [1.82, 2.24) is 21.3 Å². The van der Waals surface area contributed by atoms with Crippen molar-refractivity contribution in [3.63, 3.8) is 0 Å². The lowest BCUT2D eigenvalue weighted by atomic mass is 10.0. The van der Waals surface area contributed by atoms with E-state index in [4.69, 9.17) is 0 Å². The summed E-state index contributed by atoms with van der Waals surface area (Å²) in [4.78, 5) is 68.1. The molecule has 248 valence electrons. The van der Waals surface area contributed by atoms with Crippen LogP contribution in [0.1, 0.15) is 70.6 Å². The normalized spacial score (nSPS) is 19.1. The zero-order chi connectivity index (χ0) is 32.8. The molecule has 17 heteroatoms. The number of fused-ring (bicyclic) bond motifs is 1. The number of carboxylic acids is 1. The van der Waals surface area contributed by atoms with Gasteiger partial charge in [-0.1, -0.05) is 12.8 Å². The lowest BCUT2D eigenvalue weighted by Crippen LogP contribution is -2.40. The third-order valence-corrected chi connectivity index (χ3v) is 9.25. The predicted molar refractivity (Wildman–Crippen MR) is 167 cm³/mol. The molecule has 1 aromatic rings. The Morgan fingerprint density at radius 3 is 2.42 bits per heavy atom. The predicted octanol–water partition coefficient (Wildman–Crippen LogP) is 3.06. The van der Waals surface area contributed by atoms with Gasteiger partial charge in [0.2, 0.25) is 11.8 Å². The molecule has 2 fully saturated rings. The highest BCUT2D eigenvalue weighted by Crippen LogP contribution is 2.33. The molecule has 2 saturated heterocycles. The number of benzene rings is 1. The fraction of sp³-hybridized carbons (Fsp3) is 0.643. The Bertz CT molecular complexity index is 1230. The van der Waals surface area contributed by atoms with E-state index in [0.717, 1.165) is 37.1 Å². The molecule has 16 nitrogen and oxygen atoms in total. The van der Waals surface area contributed by atoms with Crippen molar-refractivity contribution >= 4 is 52.6 Å². The Kier molecular flexibility index (Phi) is 14.1. The van der Waals surface area contributed by atoms with E-state index in [-0.39, 0.29) is 55.0 Å². The molecule has 0 aliphatic carbocycles. The van der Waals surface area contributed by atoms with Gasteiger partial charge in [0.1, 0.15) is 11.7 Å². The van der Waals surface area contributed by atoms with Crippen LogP contribution in [0.4, 0.5) is 21.9 Å². The average Bonchev–Trinajstić information content (AvgIpc) is 3.55. The van der Waals surface area contributed by atoms with E-state index in [0.29, 0.717) is 50.3 Å². The van der Waals surface area contributed by atoms with Gasteiger partial charge in [-0.3, -0.25) is 29.8 Å². The van der Waals surface area contributed by atoms with Gasteiger partial charge in [-0.05, 0) is 51.0 Å². The standard InChI is InChI=1S/C28H41N7O9S/c36-24(10-4-3-9-23-26-21(17-45-23)32-28(40)33-26)30-15-6-1-2-11-25(37)31-20(27(38)39)8-5-7-14-29-19-13-12-18(34(41)42)16-22(19)35(43)44/h12-13,16,20-21,23,26,29H,1-11,14-15,17H2,(H,30,36)(H,31,37)(H,38,39)(H2,32,33,40). The maximum absolute atomic E-state index is 12.3. The summed E-state index contributed by atoms with van der Waals surface area (Å²) in [6, 6.07) is 2.51. The highest BCUT2D eigenvalue weighted by atomic mass is 32.2. The van der Waals surface area contributed by atoms with E-state index in [9.17, 15) is 44.5 Å². The summed E-state index contributed by atoms with van der Waals surface area (Å²) >= 11 is 1.86. The van der Waals surface area contributed by atoms with Gasteiger partial charge in [0, 0.05) is 43.0 Å². The van der Waals surface area contributed by atoms with E-state index in [2.05, 4.69) is 26.6 Å². The fourth-order valence-corrected chi connectivity index (χ4v) is 6.88. The van der Waals surface area contributed by atoms with Gasteiger partial charge in [-0.2, -0.15) is 11.8 Å². The minimum Gasteiger partial charge on any atom is -0.480 e. The number of thioether (sulfide) groups is 1. The minimum absolute atomic E-state index is 0.00834.